The molecule has 7 nitrogen and oxygen atoms in total. The van der Waals surface area contributed by atoms with Crippen molar-refractivity contribution >= 4 is 12.0 Å². The maximum absolute atomic E-state index is 14.5. The van der Waals surface area contributed by atoms with E-state index in [1.165, 1.54) is 12.1 Å². The lowest BCUT2D eigenvalue weighted by atomic mass is 10.0. The molecule has 2 aromatic rings. The summed E-state index contributed by atoms with van der Waals surface area (Å²) in [4.78, 5) is 25.0. The lowest BCUT2D eigenvalue weighted by Crippen LogP contribution is -2.42. The molecule has 0 aromatic heterocycles. The Kier molecular flexibility index (Phi) is 6.56. The molecule has 1 heterocycles. The lowest BCUT2D eigenvalue weighted by Gasteiger charge is -2.27. The van der Waals surface area contributed by atoms with Crippen molar-refractivity contribution in [2.24, 2.45) is 0 Å². The summed E-state index contributed by atoms with van der Waals surface area (Å²) < 4.78 is 25.6. The van der Waals surface area contributed by atoms with Gasteiger partial charge in [0.15, 0.2) is 0 Å². The smallest absolute Gasteiger partial charge is 0.404 e. The van der Waals surface area contributed by atoms with E-state index in [4.69, 9.17) is 14.6 Å². The third kappa shape index (κ3) is 5.48. The van der Waals surface area contributed by atoms with Gasteiger partial charge in [-0.25, -0.2) is 9.18 Å². The number of carbonyl (C=O) groups excluding carboxylic acids is 1. The van der Waals surface area contributed by atoms with Crippen LogP contribution in [0.2, 0.25) is 0 Å². The van der Waals surface area contributed by atoms with Crippen LogP contribution in [-0.2, 0) is 4.74 Å². The van der Waals surface area contributed by atoms with E-state index in [1.807, 2.05) is 0 Å². The topological polar surface area (TPSA) is 88.1 Å². The molecule has 1 saturated heterocycles. The Hall–Kier alpha value is -3.13. The molecule has 1 fully saturated rings. The van der Waals surface area contributed by atoms with E-state index in [1.54, 1.807) is 49.1 Å². The number of morpholine rings is 1. The number of hydrogen-bond donors (Lipinski definition) is 2. The molecule has 0 bridgehead atoms. The van der Waals surface area contributed by atoms with Crippen molar-refractivity contribution in [2.75, 3.05) is 32.8 Å². The van der Waals surface area contributed by atoms with E-state index in [-0.39, 0.29) is 12.5 Å². The molecule has 0 unspecified atom stereocenters. The number of rotatable bonds is 6. The van der Waals surface area contributed by atoms with Crippen LogP contribution in [0.4, 0.5) is 9.18 Å². The first-order chi connectivity index (χ1) is 14.2. The summed E-state index contributed by atoms with van der Waals surface area (Å²) in [6.45, 7) is 5.71. The zero-order chi connectivity index (χ0) is 21.7. The molecular weight excluding hydrogens is 391 g/mol. The predicted molar refractivity (Wildman–Crippen MR) is 109 cm³/mol. The van der Waals surface area contributed by atoms with E-state index in [0.717, 1.165) is 0 Å². The van der Waals surface area contributed by atoms with Crippen molar-refractivity contribution in [1.82, 2.24) is 10.2 Å². The van der Waals surface area contributed by atoms with Gasteiger partial charge in [-0.05, 0) is 49.7 Å². The zero-order valence-electron chi connectivity index (χ0n) is 17.0. The van der Waals surface area contributed by atoms with Gasteiger partial charge in [-0.1, -0.05) is 12.1 Å². The van der Waals surface area contributed by atoms with Gasteiger partial charge in [0.05, 0.1) is 19.8 Å². The first kappa shape index (κ1) is 21.6. The maximum Gasteiger partial charge on any atom is 0.404 e. The molecule has 3 rings (SSSR count). The zero-order valence-corrected chi connectivity index (χ0v) is 17.0. The number of halogens is 1. The van der Waals surface area contributed by atoms with Gasteiger partial charge >= 0.3 is 6.09 Å². The Morgan fingerprint density at radius 3 is 2.47 bits per heavy atom. The van der Waals surface area contributed by atoms with Gasteiger partial charge in [0, 0.05) is 24.2 Å². The fourth-order valence-corrected chi connectivity index (χ4v) is 3.17. The van der Waals surface area contributed by atoms with Crippen LogP contribution in [0, 0.1) is 5.82 Å². The highest BCUT2D eigenvalue weighted by molar-refractivity contribution is 5.94. The molecule has 8 heteroatoms. The maximum atomic E-state index is 14.5. The second kappa shape index (κ2) is 9.13. The third-order valence-corrected chi connectivity index (χ3v) is 4.74. The van der Waals surface area contributed by atoms with E-state index >= 15 is 0 Å². The van der Waals surface area contributed by atoms with Gasteiger partial charge < -0.3 is 24.8 Å². The summed E-state index contributed by atoms with van der Waals surface area (Å²) >= 11 is 0. The average molecular weight is 416 g/mol. The molecule has 0 aliphatic carbocycles. The minimum atomic E-state index is -1.14. The molecule has 30 heavy (non-hydrogen) atoms. The molecule has 0 saturated carbocycles. The van der Waals surface area contributed by atoms with Gasteiger partial charge in [-0.3, -0.25) is 4.79 Å². The van der Waals surface area contributed by atoms with E-state index in [2.05, 4.69) is 5.32 Å². The average Bonchev–Trinajstić information content (AvgIpc) is 2.74. The molecular formula is C22H25FN2O5. The quantitative estimate of drug-likeness (QED) is 0.754. The van der Waals surface area contributed by atoms with Gasteiger partial charge in [0.2, 0.25) is 0 Å². The molecule has 160 valence electrons. The van der Waals surface area contributed by atoms with Crippen molar-refractivity contribution in [3.8, 4) is 16.9 Å². The van der Waals surface area contributed by atoms with Crippen LogP contribution in [0.25, 0.3) is 11.1 Å². The second-order valence-corrected chi connectivity index (χ2v) is 7.64. The predicted octanol–water partition coefficient (Wildman–Crippen LogP) is 3.39. The first-order valence-corrected chi connectivity index (χ1v) is 9.68. The van der Waals surface area contributed by atoms with Gasteiger partial charge in [-0.2, -0.15) is 0 Å². The summed E-state index contributed by atoms with van der Waals surface area (Å²) in [6, 6.07) is 11.1. The third-order valence-electron chi connectivity index (χ3n) is 4.74. The van der Waals surface area contributed by atoms with Crippen molar-refractivity contribution in [2.45, 2.75) is 19.4 Å². The molecule has 2 amide bonds. The number of amides is 2. The van der Waals surface area contributed by atoms with Crippen LogP contribution in [0.1, 0.15) is 24.2 Å². The number of hydrogen-bond acceptors (Lipinski definition) is 4. The first-order valence-electron chi connectivity index (χ1n) is 9.68. The molecule has 0 spiro atoms. The summed E-state index contributed by atoms with van der Waals surface area (Å²) in [5.74, 6) is -0.0804. The number of carbonyl (C=O) groups is 2. The molecule has 1 aliphatic rings. The minimum Gasteiger partial charge on any atom is -0.486 e. The monoisotopic (exact) mass is 416 g/mol. The Morgan fingerprint density at radius 2 is 1.83 bits per heavy atom. The van der Waals surface area contributed by atoms with Crippen molar-refractivity contribution in [3.63, 3.8) is 0 Å². The Labute approximate surface area is 174 Å². The van der Waals surface area contributed by atoms with Crippen LogP contribution in [0.15, 0.2) is 42.5 Å². The van der Waals surface area contributed by atoms with E-state index < -0.39 is 17.5 Å². The largest absolute Gasteiger partial charge is 0.486 e. The van der Waals surface area contributed by atoms with Crippen LogP contribution in [0.5, 0.6) is 5.75 Å². The van der Waals surface area contributed by atoms with E-state index in [9.17, 15) is 14.0 Å². The summed E-state index contributed by atoms with van der Waals surface area (Å²) in [6.07, 6.45) is -1.14. The Bertz CT molecular complexity index is 908. The van der Waals surface area contributed by atoms with Gasteiger partial charge in [0.1, 0.15) is 17.2 Å². The number of ether oxygens (including phenoxy) is 2. The van der Waals surface area contributed by atoms with Crippen molar-refractivity contribution < 1.29 is 28.6 Å². The van der Waals surface area contributed by atoms with Crippen molar-refractivity contribution in [3.05, 3.63) is 53.8 Å². The van der Waals surface area contributed by atoms with E-state index in [0.29, 0.717) is 48.7 Å². The summed E-state index contributed by atoms with van der Waals surface area (Å²) in [7, 11) is 0. The molecule has 1 aliphatic heterocycles. The van der Waals surface area contributed by atoms with Crippen molar-refractivity contribution in [1.29, 1.82) is 0 Å². The molecule has 2 aromatic carbocycles. The molecule has 0 atom stereocenters. The van der Waals surface area contributed by atoms with Crippen LogP contribution < -0.4 is 10.1 Å². The fraction of sp³-hybridized carbons (Fsp3) is 0.364. The van der Waals surface area contributed by atoms with Crippen LogP contribution >= 0.6 is 0 Å². The van der Waals surface area contributed by atoms with Crippen LogP contribution in [0.3, 0.4) is 0 Å². The number of nitrogens with zero attached hydrogens (tertiary/aromatic N) is 1. The standard InChI is InChI=1S/C22H25FN2O5/c1-22(2,14-24-21(27)28)30-17-7-8-19(23)18(13-17)15-3-5-16(6-4-15)20(26)25-9-11-29-12-10-25/h3-8,13,24H,9-12,14H2,1-2H3,(H,27,28). The number of carboxylic acid groups (broad SMARTS) is 1. The SMILES string of the molecule is CC(C)(CNC(=O)O)Oc1ccc(F)c(-c2ccc(C(=O)N3CCOCC3)cc2)c1. The fourth-order valence-electron chi connectivity index (χ4n) is 3.17. The Morgan fingerprint density at radius 1 is 1.17 bits per heavy atom. The summed E-state index contributed by atoms with van der Waals surface area (Å²) in [5.41, 5.74) is 0.661. The molecule has 0 radical (unpaired) electrons. The molecule has 2 N–H and O–H groups in total. The second-order valence-electron chi connectivity index (χ2n) is 7.64. The van der Waals surface area contributed by atoms with Crippen LogP contribution in [-0.4, -0.2) is 60.5 Å². The lowest BCUT2D eigenvalue weighted by molar-refractivity contribution is 0.0303. The Balaban J connectivity index is 1.76. The number of benzene rings is 2. The van der Waals surface area contributed by atoms with Gasteiger partial charge in [-0.15, -0.1) is 0 Å². The van der Waals surface area contributed by atoms with Gasteiger partial charge in [0.25, 0.3) is 5.91 Å². The highest BCUT2D eigenvalue weighted by Crippen LogP contribution is 2.29. The highest BCUT2D eigenvalue weighted by Gasteiger charge is 2.22. The summed E-state index contributed by atoms with van der Waals surface area (Å²) in [5, 5.41) is 11.0. The minimum absolute atomic E-state index is 0.0740. The highest BCUT2D eigenvalue weighted by atomic mass is 19.1. The number of nitrogens with one attached hydrogen (secondary N) is 1. The normalized spacial score (nSPS) is 14.3.